The van der Waals surface area contributed by atoms with Gasteiger partial charge in [-0.25, -0.2) is 0 Å². The van der Waals surface area contributed by atoms with Gasteiger partial charge in [0.25, 0.3) is 0 Å². The molecule has 0 aromatic carbocycles. The van der Waals surface area contributed by atoms with Crippen LogP contribution in [0, 0.1) is 11.3 Å². The zero-order valence-electron chi connectivity index (χ0n) is 13.8. The maximum atomic E-state index is 9.42. The Morgan fingerprint density at radius 2 is 2.15 bits per heavy atom. The largest absolute Gasteiger partial charge is 0.370 e. The summed E-state index contributed by atoms with van der Waals surface area (Å²) in [7, 11) is 0. The monoisotopic (exact) mass is 281 g/mol. The van der Waals surface area contributed by atoms with Crippen molar-refractivity contribution in [2.75, 3.05) is 26.2 Å². The van der Waals surface area contributed by atoms with Gasteiger partial charge in [0, 0.05) is 13.1 Å². The summed E-state index contributed by atoms with van der Waals surface area (Å²) in [4.78, 5) is 2.47. The van der Waals surface area contributed by atoms with Crippen molar-refractivity contribution in [3.05, 3.63) is 0 Å². The van der Waals surface area contributed by atoms with Gasteiger partial charge >= 0.3 is 0 Å². The van der Waals surface area contributed by atoms with Crippen molar-refractivity contribution in [3.8, 4) is 6.07 Å². The van der Waals surface area contributed by atoms with E-state index in [1.165, 1.54) is 0 Å². The van der Waals surface area contributed by atoms with Crippen LogP contribution in [0.5, 0.6) is 0 Å². The first-order valence-electron chi connectivity index (χ1n) is 7.93. The Morgan fingerprint density at radius 3 is 2.65 bits per heavy atom. The average molecular weight is 281 g/mol. The van der Waals surface area contributed by atoms with E-state index < -0.39 is 0 Å². The number of nitrogens with zero attached hydrogens (tertiary/aromatic N) is 2. The summed E-state index contributed by atoms with van der Waals surface area (Å²) in [6.45, 7) is 14.5. The van der Waals surface area contributed by atoms with Gasteiger partial charge in [-0.1, -0.05) is 13.8 Å². The van der Waals surface area contributed by atoms with Crippen LogP contribution in [0.15, 0.2) is 0 Å². The lowest BCUT2D eigenvalue weighted by molar-refractivity contribution is -0.128. The molecule has 1 aliphatic rings. The van der Waals surface area contributed by atoms with Crippen molar-refractivity contribution in [2.45, 2.75) is 71.1 Å². The predicted molar refractivity (Wildman–Crippen MR) is 82.6 cm³/mol. The van der Waals surface area contributed by atoms with Crippen molar-refractivity contribution < 1.29 is 4.74 Å². The van der Waals surface area contributed by atoms with E-state index in [0.717, 1.165) is 45.4 Å². The number of rotatable bonds is 7. The van der Waals surface area contributed by atoms with Crippen LogP contribution in [0.25, 0.3) is 0 Å². The van der Waals surface area contributed by atoms with Gasteiger partial charge in [0.05, 0.1) is 17.8 Å². The molecule has 4 nitrogen and oxygen atoms in total. The molecule has 4 heteroatoms. The molecular formula is C16H31N3O. The van der Waals surface area contributed by atoms with Crippen LogP contribution >= 0.6 is 0 Å². The summed E-state index contributed by atoms with van der Waals surface area (Å²) in [5.41, 5.74) is -0.404. The van der Waals surface area contributed by atoms with Crippen molar-refractivity contribution in [2.24, 2.45) is 0 Å². The normalized spacial score (nSPS) is 25.9. The molecule has 20 heavy (non-hydrogen) atoms. The third-order valence-electron chi connectivity index (χ3n) is 4.05. The lowest BCUT2D eigenvalue weighted by Crippen LogP contribution is -2.52. The summed E-state index contributed by atoms with van der Waals surface area (Å²) in [5, 5.41) is 12.8. The molecule has 116 valence electrons. The first-order valence-corrected chi connectivity index (χ1v) is 7.93. The highest BCUT2D eigenvalue weighted by Crippen LogP contribution is 2.22. The Morgan fingerprint density at radius 1 is 1.45 bits per heavy atom. The molecule has 0 bridgehead atoms. The molecule has 1 rings (SSSR count). The lowest BCUT2D eigenvalue weighted by atomic mass is 9.91. The molecule has 0 radical (unpaired) electrons. The number of ether oxygens (including phenoxy) is 1. The summed E-state index contributed by atoms with van der Waals surface area (Å²) in [5.74, 6) is 0. The summed E-state index contributed by atoms with van der Waals surface area (Å²) in [6, 6.07) is 2.47. The van der Waals surface area contributed by atoms with Gasteiger partial charge in [0.15, 0.2) is 0 Å². The Bertz CT molecular complexity index is 337. The third kappa shape index (κ3) is 5.05. The fourth-order valence-electron chi connectivity index (χ4n) is 3.26. The topological polar surface area (TPSA) is 48.3 Å². The highest BCUT2D eigenvalue weighted by molar-refractivity contribution is 5.06. The van der Waals surface area contributed by atoms with Crippen LogP contribution in [-0.2, 0) is 4.74 Å². The van der Waals surface area contributed by atoms with E-state index in [4.69, 9.17) is 4.74 Å². The van der Waals surface area contributed by atoms with Crippen molar-refractivity contribution >= 4 is 0 Å². The molecule has 1 saturated heterocycles. The molecule has 1 heterocycles. The van der Waals surface area contributed by atoms with Gasteiger partial charge in [0.1, 0.15) is 5.54 Å². The first kappa shape index (κ1) is 17.4. The van der Waals surface area contributed by atoms with E-state index >= 15 is 0 Å². The standard InChI is InChI=1S/C16H31N3O/c1-6-16(12-17,18-7-2)9-8-10-19-11-14(3)20-15(4,5)13-19/h14,18H,6-11,13H2,1-5H3. The Kier molecular flexibility index (Phi) is 6.44. The fourth-order valence-corrected chi connectivity index (χ4v) is 3.26. The summed E-state index contributed by atoms with van der Waals surface area (Å²) < 4.78 is 5.93. The van der Waals surface area contributed by atoms with Crippen LogP contribution in [0.4, 0.5) is 0 Å². The fraction of sp³-hybridized carbons (Fsp3) is 0.938. The second kappa shape index (κ2) is 7.40. The van der Waals surface area contributed by atoms with Gasteiger partial charge < -0.3 is 4.74 Å². The number of nitriles is 1. The molecule has 0 spiro atoms. The Hall–Kier alpha value is -0.630. The second-order valence-corrected chi connectivity index (χ2v) is 6.60. The van der Waals surface area contributed by atoms with Gasteiger partial charge in [-0.3, -0.25) is 10.2 Å². The maximum Gasteiger partial charge on any atom is 0.106 e. The molecule has 0 aromatic rings. The lowest BCUT2D eigenvalue weighted by Gasteiger charge is -2.42. The van der Waals surface area contributed by atoms with E-state index in [0.29, 0.717) is 6.10 Å². The number of nitrogens with one attached hydrogen (secondary N) is 1. The maximum absolute atomic E-state index is 9.42. The molecule has 1 N–H and O–H groups in total. The molecule has 2 unspecified atom stereocenters. The zero-order valence-corrected chi connectivity index (χ0v) is 13.8. The van der Waals surface area contributed by atoms with E-state index in [1.807, 2.05) is 0 Å². The summed E-state index contributed by atoms with van der Waals surface area (Å²) >= 11 is 0. The molecule has 1 aliphatic heterocycles. The molecule has 0 aliphatic carbocycles. The van der Waals surface area contributed by atoms with Gasteiger partial charge in [-0.2, -0.15) is 5.26 Å². The minimum Gasteiger partial charge on any atom is -0.370 e. The minimum absolute atomic E-state index is 0.0591. The van der Waals surface area contributed by atoms with Crippen molar-refractivity contribution in [1.29, 1.82) is 5.26 Å². The van der Waals surface area contributed by atoms with Crippen LogP contribution in [0.3, 0.4) is 0 Å². The highest BCUT2D eigenvalue weighted by Gasteiger charge is 2.32. The number of morpholine rings is 1. The highest BCUT2D eigenvalue weighted by atomic mass is 16.5. The molecular weight excluding hydrogens is 250 g/mol. The van der Waals surface area contributed by atoms with E-state index in [2.05, 4.69) is 50.9 Å². The Labute approximate surface area is 124 Å². The number of hydrogen-bond donors (Lipinski definition) is 1. The van der Waals surface area contributed by atoms with E-state index in [-0.39, 0.29) is 11.1 Å². The van der Waals surface area contributed by atoms with E-state index in [1.54, 1.807) is 0 Å². The first-order chi connectivity index (χ1) is 9.36. The molecule has 0 aromatic heterocycles. The molecule has 0 saturated carbocycles. The second-order valence-electron chi connectivity index (χ2n) is 6.60. The van der Waals surface area contributed by atoms with Crippen LogP contribution in [-0.4, -0.2) is 48.3 Å². The molecule has 0 amide bonds. The summed E-state index contributed by atoms with van der Waals surface area (Å²) in [6.07, 6.45) is 3.12. The minimum atomic E-state index is -0.345. The predicted octanol–water partition coefficient (Wildman–Crippen LogP) is 2.55. The van der Waals surface area contributed by atoms with Crippen LogP contribution < -0.4 is 5.32 Å². The van der Waals surface area contributed by atoms with Gasteiger partial charge in [-0.05, 0) is 53.1 Å². The SMILES string of the molecule is CCNC(C#N)(CC)CCCN1CC(C)OC(C)(C)C1. The number of hydrogen-bond acceptors (Lipinski definition) is 4. The van der Waals surface area contributed by atoms with Crippen LogP contribution in [0.2, 0.25) is 0 Å². The quantitative estimate of drug-likeness (QED) is 0.779. The van der Waals surface area contributed by atoms with Gasteiger partial charge in [0.2, 0.25) is 0 Å². The average Bonchev–Trinajstić information content (AvgIpc) is 2.35. The van der Waals surface area contributed by atoms with E-state index in [9.17, 15) is 5.26 Å². The molecule has 2 atom stereocenters. The van der Waals surface area contributed by atoms with Crippen molar-refractivity contribution in [3.63, 3.8) is 0 Å². The van der Waals surface area contributed by atoms with Crippen LogP contribution in [0.1, 0.15) is 53.9 Å². The van der Waals surface area contributed by atoms with Gasteiger partial charge in [-0.15, -0.1) is 0 Å². The van der Waals surface area contributed by atoms with Crippen molar-refractivity contribution in [1.82, 2.24) is 10.2 Å². The zero-order chi connectivity index (χ0) is 15.2. The smallest absolute Gasteiger partial charge is 0.106 e. The third-order valence-corrected chi connectivity index (χ3v) is 4.05. The Balaban J connectivity index is 2.45. The molecule has 1 fully saturated rings.